The van der Waals surface area contributed by atoms with Crippen LogP contribution in [0.2, 0.25) is 0 Å². The summed E-state index contributed by atoms with van der Waals surface area (Å²) >= 11 is 0. The molecule has 1 atom stereocenters. The number of hydrogen-bond acceptors (Lipinski definition) is 4. The second-order valence-corrected chi connectivity index (χ2v) is 6.96. The minimum atomic E-state index is -0.128. The van der Waals surface area contributed by atoms with Crippen LogP contribution < -0.4 is 5.32 Å². The van der Waals surface area contributed by atoms with E-state index in [1.807, 2.05) is 25.2 Å². The summed E-state index contributed by atoms with van der Waals surface area (Å²) in [6, 6.07) is 10.3. The zero-order valence-electron chi connectivity index (χ0n) is 16.7. The monoisotopic (exact) mass is 375 g/mol. The Labute approximate surface area is 162 Å². The Hall–Kier alpha value is -2.08. The Morgan fingerprint density at radius 2 is 2.07 bits per heavy atom. The predicted molar refractivity (Wildman–Crippen MR) is 108 cm³/mol. The number of carbonyl (C=O) groups is 1. The molecule has 6 heteroatoms. The number of guanidine groups is 1. The van der Waals surface area contributed by atoms with E-state index in [4.69, 9.17) is 4.74 Å². The molecular weight excluding hydrogens is 342 g/mol. The standard InChI is InChI=1S/C21H33N3O3/c1-22-21(23-13-8-4-7-11-20(25)26-2)24-14-12-19(15-24)17-27-16-18-9-5-3-6-10-18/h3,5-6,9-10,19H,4,7-8,11-17H2,1-2H3,(H,22,23). The Balaban J connectivity index is 1.58. The van der Waals surface area contributed by atoms with Crippen LogP contribution in [0.1, 0.15) is 37.7 Å². The normalized spacial score (nSPS) is 17.2. The average Bonchev–Trinajstić information content (AvgIpc) is 3.16. The molecule has 1 aromatic rings. The van der Waals surface area contributed by atoms with E-state index in [2.05, 4.69) is 32.1 Å². The summed E-state index contributed by atoms with van der Waals surface area (Å²) < 4.78 is 10.5. The molecule has 1 heterocycles. The van der Waals surface area contributed by atoms with E-state index >= 15 is 0 Å². The maximum Gasteiger partial charge on any atom is 0.305 e. The van der Waals surface area contributed by atoms with Crippen molar-refractivity contribution >= 4 is 11.9 Å². The lowest BCUT2D eigenvalue weighted by Crippen LogP contribution is -2.40. The highest BCUT2D eigenvalue weighted by Crippen LogP contribution is 2.17. The average molecular weight is 376 g/mol. The minimum Gasteiger partial charge on any atom is -0.469 e. The van der Waals surface area contributed by atoms with E-state index < -0.39 is 0 Å². The molecule has 1 aliphatic heterocycles. The molecule has 1 aromatic carbocycles. The SMILES string of the molecule is CN=C(NCCCCCC(=O)OC)N1CCC(COCc2ccccc2)C1. The summed E-state index contributed by atoms with van der Waals surface area (Å²) in [6.07, 6.45) is 4.54. The van der Waals surface area contributed by atoms with Crippen molar-refractivity contribution in [3.05, 3.63) is 35.9 Å². The van der Waals surface area contributed by atoms with E-state index in [0.29, 0.717) is 18.9 Å². The molecule has 0 radical (unpaired) electrons. The highest BCUT2D eigenvalue weighted by Gasteiger charge is 2.24. The van der Waals surface area contributed by atoms with E-state index in [1.54, 1.807) is 0 Å². The lowest BCUT2D eigenvalue weighted by molar-refractivity contribution is -0.140. The van der Waals surface area contributed by atoms with E-state index in [9.17, 15) is 4.79 Å². The van der Waals surface area contributed by atoms with Crippen molar-refractivity contribution in [1.29, 1.82) is 0 Å². The van der Waals surface area contributed by atoms with Crippen molar-refractivity contribution in [2.24, 2.45) is 10.9 Å². The third-order valence-corrected chi connectivity index (χ3v) is 4.83. The lowest BCUT2D eigenvalue weighted by atomic mass is 10.1. The molecular formula is C21H33N3O3. The molecule has 2 rings (SSSR count). The molecule has 27 heavy (non-hydrogen) atoms. The second-order valence-electron chi connectivity index (χ2n) is 6.96. The number of esters is 1. The summed E-state index contributed by atoms with van der Waals surface area (Å²) in [6.45, 7) is 4.34. The Bertz CT molecular complexity index is 577. The largest absolute Gasteiger partial charge is 0.469 e. The second kappa shape index (κ2) is 12.3. The Kier molecular flexibility index (Phi) is 9.69. The molecule has 0 aliphatic carbocycles. The Morgan fingerprint density at radius 1 is 1.26 bits per heavy atom. The third-order valence-electron chi connectivity index (χ3n) is 4.83. The fourth-order valence-corrected chi connectivity index (χ4v) is 3.28. The quantitative estimate of drug-likeness (QED) is 0.295. The zero-order valence-corrected chi connectivity index (χ0v) is 16.7. The van der Waals surface area contributed by atoms with Crippen LogP contribution >= 0.6 is 0 Å². The van der Waals surface area contributed by atoms with Crippen LogP contribution in [0.15, 0.2) is 35.3 Å². The fraction of sp³-hybridized carbons (Fsp3) is 0.619. The molecule has 6 nitrogen and oxygen atoms in total. The maximum atomic E-state index is 11.1. The van der Waals surface area contributed by atoms with Gasteiger partial charge in [0.15, 0.2) is 5.96 Å². The summed E-state index contributed by atoms with van der Waals surface area (Å²) in [5.74, 6) is 1.39. The topological polar surface area (TPSA) is 63.2 Å². The predicted octanol–water partition coefficient (Wildman–Crippen LogP) is 2.83. The number of benzene rings is 1. The van der Waals surface area contributed by atoms with Gasteiger partial charge in [-0.1, -0.05) is 36.8 Å². The molecule has 0 amide bonds. The number of nitrogens with one attached hydrogen (secondary N) is 1. The van der Waals surface area contributed by atoms with Gasteiger partial charge in [0.2, 0.25) is 0 Å². The number of nitrogens with zero attached hydrogens (tertiary/aromatic N) is 2. The minimum absolute atomic E-state index is 0.128. The summed E-state index contributed by atoms with van der Waals surface area (Å²) in [4.78, 5) is 17.8. The molecule has 0 aromatic heterocycles. The molecule has 1 fully saturated rings. The molecule has 150 valence electrons. The Morgan fingerprint density at radius 3 is 2.81 bits per heavy atom. The van der Waals surface area contributed by atoms with Crippen LogP contribution in [0.3, 0.4) is 0 Å². The van der Waals surface area contributed by atoms with Gasteiger partial charge in [-0.2, -0.15) is 0 Å². The van der Waals surface area contributed by atoms with Crippen LogP contribution in [0.4, 0.5) is 0 Å². The first-order chi connectivity index (χ1) is 13.2. The summed E-state index contributed by atoms with van der Waals surface area (Å²) in [7, 11) is 3.27. The van der Waals surface area contributed by atoms with Crippen molar-refractivity contribution in [2.45, 2.75) is 38.7 Å². The smallest absolute Gasteiger partial charge is 0.305 e. The van der Waals surface area contributed by atoms with Crippen molar-refractivity contribution in [1.82, 2.24) is 10.2 Å². The van der Waals surface area contributed by atoms with Crippen molar-refractivity contribution in [2.75, 3.05) is 40.4 Å². The highest BCUT2D eigenvalue weighted by atomic mass is 16.5. The zero-order chi connectivity index (χ0) is 19.3. The van der Waals surface area contributed by atoms with Crippen LogP contribution in [0.25, 0.3) is 0 Å². The van der Waals surface area contributed by atoms with Gasteiger partial charge in [0.05, 0.1) is 20.3 Å². The molecule has 1 N–H and O–H groups in total. The van der Waals surface area contributed by atoms with Crippen LogP contribution in [0.5, 0.6) is 0 Å². The number of rotatable bonds is 10. The van der Waals surface area contributed by atoms with Crippen LogP contribution in [-0.2, 0) is 20.9 Å². The number of carbonyl (C=O) groups excluding carboxylic acids is 1. The van der Waals surface area contributed by atoms with Gasteiger partial charge >= 0.3 is 5.97 Å². The van der Waals surface area contributed by atoms with Gasteiger partial charge in [-0.3, -0.25) is 9.79 Å². The van der Waals surface area contributed by atoms with Gasteiger partial charge < -0.3 is 19.7 Å². The van der Waals surface area contributed by atoms with Gasteiger partial charge in [0.25, 0.3) is 0 Å². The fourth-order valence-electron chi connectivity index (χ4n) is 3.28. The van der Waals surface area contributed by atoms with Gasteiger partial charge in [-0.25, -0.2) is 0 Å². The number of hydrogen-bond donors (Lipinski definition) is 1. The van der Waals surface area contributed by atoms with Gasteiger partial charge in [-0.15, -0.1) is 0 Å². The van der Waals surface area contributed by atoms with E-state index in [1.165, 1.54) is 12.7 Å². The van der Waals surface area contributed by atoms with Crippen LogP contribution in [0, 0.1) is 5.92 Å². The summed E-state index contributed by atoms with van der Waals surface area (Å²) in [5.41, 5.74) is 1.22. The molecule has 1 unspecified atom stereocenters. The van der Waals surface area contributed by atoms with Gasteiger partial charge in [0.1, 0.15) is 0 Å². The van der Waals surface area contributed by atoms with Crippen molar-refractivity contribution in [3.63, 3.8) is 0 Å². The number of ether oxygens (including phenoxy) is 2. The number of methoxy groups -OCH3 is 1. The molecule has 0 saturated carbocycles. The molecule has 0 spiro atoms. The van der Waals surface area contributed by atoms with Gasteiger partial charge in [0, 0.05) is 39.0 Å². The molecule has 1 saturated heterocycles. The number of aliphatic imine (C=N–C) groups is 1. The summed E-state index contributed by atoms with van der Waals surface area (Å²) in [5, 5.41) is 3.43. The van der Waals surface area contributed by atoms with Crippen LogP contribution in [-0.4, -0.2) is 57.2 Å². The first kappa shape index (κ1) is 21.2. The van der Waals surface area contributed by atoms with E-state index in [-0.39, 0.29) is 5.97 Å². The highest BCUT2D eigenvalue weighted by molar-refractivity contribution is 5.80. The van der Waals surface area contributed by atoms with E-state index in [0.717, 1.165) is 57.9 Å². The van der Waals surface area contributed by atoms with Crippen molar-refractivity contribution in [3.8, 4) is 0 Å². The number of unbranched alkanes of at least 4 members (excludes halogenated alkanes) is 2. The van der Waals surface area contributed by atoms with Gasteiger partial charge in [-0.05, 0) is 24.8 Å². The first-order valence-corrected chi connectivity index (χ1v) is 9.87. The molecule has 0 bridgehead atoms. The molecule has 1 aliphatic rings. The number of likely N-dealkylation sites (tertiary alicyclic amines) is 1. The lowest BCUT2D eigenvalue weighted by Gasteiger charge is -2.21. The third kappa shape index (κ3) is 7.99. The van der Waals surface area contributed by atoms with Crippen molar-refractivity contribution < 1.29 is 14.3 Å². The maximum absolute atomic E-state index is 11.1. The first-order valence-electron chi connectivity index (χ1n) is 9.87.